The van der Waals surface area contributed by atoms with Gasteiger partial charge >= 0.3 is 0 Å². The third kappa shape index (κ3) is 3.49. The zero-order valence-electron chi connectivity index (χ0n) is 15.5. The van der Waals surface area contributed by atoms with E-state index in [4.69, 9.17) is 9.47 Å². The maximum Gasteiger partial charge on any atom is 0.255 e. The molecule has 2 atom stereocenters. The Morgan fingerprint density at radius 1 is 1.40 bits per heavy atom. The summed E-state index contributed by atoms with van der Waals surface area (Å²) >= 11 is 0. The first kappa shape index (κ1) is 17.1. The predicted octanol–water partition coefficient (Wildman–Crippen LogP) is 3.07. The van der Waals surface area contributed by atoms with Crippen LogP contribution in [0.5, 0.6) is 0 Å². The molecule has 1 aromatic heterocycles. The molecule has 0 spiro atoms. The third-order valence-corrected chi connectivity index (χ3v) is 6.10. The molecule has 0 bridgehead atoms. The van der Waals surface area contributed by atoms with E-state index in [1.807, 2.05) is 24.8 Å². The molecule has 4 rings (SSSR count). The van der Waals surface area contributed by atoms with Crippen LogP contribution >= 0.6 is 0 Å². The van der Waals surface area contributed by atoms with Crippen LogP contribution in [0.2, 0.25) is 0 Å². The number of aryl methyl sites for hydroxylation is 2. The molecule has 0 radical (unpaired) electrons. The standard InChI is InChI=1S/C20H30N2O3/c1-14-10-17(15(2)21-14)19(23)22-8-6-18-20(12-22,7-3-9-25-18)13-24-11-16-4-5-16/h10,16,18,21H,3-9,11-13H2,1-2H3/t18-,20+/m1/s1. The second-order valence-electron chi connectivity index (χ2n) is 8.29. The van der Waals surface area contributed by atoms with E-state index in [2.05, 4.69) is 4.98 Å². The minimum Gasteiger partial charge on any atom is -0.380 e. The molecule has 0 unspecified atom stereocenters. The van der Waals surface area contributed by atoms with Crippen LogP contribution in [-0.4, -0.2) is 54.8 Å². The fourth-order valence-corrected chi connectivity index (χ4v) is 4.50. The topological polar surface area (TPSA) is 54.6 Å². The van der Waals surface area contributed by atoms with Crippen LogP contribution in [-0.2, 0) is 9.47 Å². The number of aromatic amines is 1. The molecule has 1 aliphatic carbocycles. The summed E-state index contributed by atoms with van der Waals surface area (Å²) < 4.78 is 12.2. The van der Waals surface area contributed by atoms with Gasteiger partial charge in [-0.1, -0.05) is 0 Å². The number of rotatable bonds is 5. The van der Waals surface area contributed by atoms with Crippen molar-refractivity contribution >= 4 is 5.91 Å². The second-order valence-corrected chi connectivity index (χ2v) is 8.29. The minimum absolute atomic E-state index is 0.0275. The van der Waals surface area contributed by atoms with Crippen LogP contribution in [0.4, 0.5) is 0 Å². The third-order valence-electron chi connectivity index (χ3n) is 6.10. The highest BCUT2D eigenvalue weighted by Crippen LogP contribution is 2.41. The fraction of sp³-hybridized carbons (Fsp3) is 0.750. The molecule has 1 N–H and O–H groups in total. The number of carbonyl (C=O) groups is 1. The smallest absolute Gasteiger partial charge is 0.255 e. The Balaban J connectivity index is 1.48. The SMILES string of the molecule is Cc1cc(C(=O)N2CC[C@H]3OCCC[C@@]3(COCC3CC3)C2)c(C)[nH]1. The van der Waals surface area contributed by atoms with E-state index in [-0.39, 0.29) is 17.4 Å². The molecule has 5 nitrogen and oxygen atoms in total. The van der Waals surface area contributed by atoms with Gasteiger partial charge in [0.25, 0.3) is 5.91 Å². The molecular weight excluding hydrogens is 316 g/mol. The van der Waals surface area contributed by atoms with E-state index in [0.29, 0.717) is 0 Å². The van der Waals surface area contributed by atoms with Gasteiger partial charge in [0.05, 0.1) is 18.3 Å². The molecule has 3 aliphatic rings. The minimum atomic E-state index is -0.0275. The summed E-state index contributed by atoms with van der Waals surface area (Å²) in [7, 11) is 0. The molecule has 2 saturated heterocycles. The van der Waals surface area contributed by atoms with Crippen molar-refractivity contribution in [3.63, 3.8) is 0 Å². The monoisotopic (exact) mass is 346 g/mol. The van der Waals surface area contributed by atoms with Gasteiger partial charge in [-0.2, -0.15) is 0 Å². The molecule has 3 heterocycles. The molecule has 0 aromatic carbocycles. The van der Waals surface area contributed by atoms with Crippen LogP contribution in [0.15, 0.2) is 6.07 Å². The zero-order valence-corrected chi connectivity index (χ0v) is 15.5. The van der Waals surface area contributed by atoms with Gasteiger partial charge in [0, 0.05) is 43.1 Å². The molecule has 1 saturated carbocycles. The number of amides is 1. The van der Waals surface area contributed by atoms with E-state index in [0.717, 1.165) is 75.0 Å². The highest BCUT2D eigenvalue weighted by Gasteiger charge is 2.47. The van der Waals surface area contributed by atoms with Gasteiger partial charge in [0.15, 0.2) is 0 Å². The van der Waals surface area contributed by atoms with Crippen molar-refractivity contribution in [2.45, 2.75) is 52.1 Å². The van der Waals surface area contributed by atoms with E-state index in [9.17, 15) is 4.79 Å². The Morgan fingerprint density at radius 2 is 2.24 bits per heavy atom. The molecule has 138 valence electrons. The zero-order chi connectivity index (χ0) is 17.4. The first-order chi connectivity index (χ1) is 12.1. The summed E-state index contributed by atoms with van der Waals surface area (Å²) in [4.78, 5) is 18.3. The number of hydrogen-bond acceptors (Lipinski definition) is 3. The van der Waals surface area contributed by atoms with E-state index in [1.54, 1.807) is 0 Å². The van der Waals surface area contributed by atoms with E-state index >= 15 is 0 Å². The Morgan fingerprint density at radius 3 is 2.96 bits per heavy atom. The van der Waals surface area contributed by atoms with Crippen LogP contribution in [0.3, 0.4) is 0 Å². The number of likely N-dealkylation sites (tertiary alicyclic amines) is 1. The van der Waals surface area contributed by atoms with E-state index in [1.165, 1.54) is 12.8 Å². The van der Waals surface area contributed by atoms with Gasteiger partial charge in [-0.3, -0.25) is 4.79 Å². The van der Waals surface area contributed by atoms with Crippen molar-refractivity contribution in [3.8, 4) is 0 Å². The van der Waals surface area contributed by atoms with Crippen molar-refractivity contribution < 1.29 is 14.3 Å². The lowest BCUT2D eigenvalue weighted by Gasteiger charge is -2.50. The number of piperidine rings is 1. The van der Waals surface area contributed by atoms with Crippen molar-refractivity contribution in [1.29, 1.82) is 0 Å². The lowest BCUT2D eigenvalue weighted by Crippen LogP contribution is -2.58. The number of hydrogen-bond donors (Lipinski definition) is 1. The quantitative estimate of drug-likeness (QED) is 0.891. The molecule has 5 heteroatoms. The Labute approximate surface area is 150 Å². The van der Waals surface area contributed by atoms with Crippen molar-refractivity contribution in [2.75, 3.05) is 32.9 Å². The van der Waals surface area contributed by atoms with Crippen LogP contribution in [0.1, 0.15) is 53.8 Å². The summed E-state index contributed by atoms with van der Waals surface area (Å²) in [6.07, 6.45) is 5.93. The Hall–Kier alpha value is -1.33. The van der Waals surface area contributed by atoms with Crippen molar-refractivity contribution in [3.05, 3.63) is 23.0 Å². The first-order valence-corrected chi connectivity index (χ1v) is 9.72. The summed E-state index contributed by atoms with van der Waals surface area (Å²) in [5.41, 5.74) is 2.78. The number of H-pyrrole nitrogens is 1. The lowest BCUT2D eigenvalue weighted by atomic mass is 9.73. The molecule has 3 fully saturated rings. The summed E-state index contributed by atoms with van der Waals surface area (Å²) in [5.74, 6) is 0.915. The van der Waals surface area contributed by atoms with Gasteiger partial charge in [0.1, 0.15) is 0 Å². The number of carbonyl (C=O) groups excluding carboxylic acids is 1. The van der Waals surface area contributed by atoms with Gasteiger partial charge in [0.2, 0.25) is 0 Å². The first-order valence-electron chi connectivity index (χ1n) is 9.72. The molecular formula is C20H30N2O3. The molecule has 1 amide bonds. The summed E-state index contributed by atoms with van der Waals surface area (Å²) in [6, 6.07) is 1.97. The number of aromatic nitrogens is 1. The van der Waals surface area contributed by atoms with Gasteiger partial charge < -0.3 is 19.4 Å². The summed E-state index contributed by atoms with van der Waals surface area (Å²) in [6.45, 7) is 7.95. The van der Waals surface area contributed by atoms with Crippen molar-refractivity contribution in [1.82, 2.24) is 9.88 Å². The highest BCUT2D eigenvalue weighted by atomic mass is 16.5. The summed E-state index contributed by atoms with van der Waals surface area (Å²) in [5, 5.41) is 0. The number of fused-ring (bicyclic) bond motifs is 1. The van der Waals surface area contributed by atoms with Gasteiger partial charge in [-0.15, -0.1) is 0 Å². The Kier molecular flexibility index (Phi) is 4.63. The normalized spacial score (nSPS) is 29.5. The van der Waals surface area contributed by atoms with E-state index < -0.39 is 0 Å². The van der Waals surface area contributed by atoms with Crippen molar-refractivity contribution in [2.24, 2.45) is 11.3 Å². The highest BCUT2D eigenvalue weighted by molar-refractivity contribution is 5.95. The maximum atomic E-state index is 13.1. The fourth-order valence-electron chi connectivity index (χ4n) is 4.50. The van der Waals surface area contributed by atoms with Crippen LogP contribution in [0, 0.1) is 25.2 Å². The Bertz CT molecular complexity index is 637. The lowest BCUT2D eigenvalue weighted by molar-refractivity contribution is -0.147. The van der Waals surface area contributed by atoms with Crippen LogP contribution < -0.4 is 0 Å². The molecule has 2 aliphatic heterocycles. The number of nitrogens with one attached hydrogen (secondary N) is 1. The number of ether oxygens (including phenoxy) is 2. The predicted molar refractivity (Wildman–Crippen MR) is 95.7 cm³/mol. The van der Waals surface area contributed by atoms with Gasteiger partial charge in [-0.25, -0.2) is 0 Å². The van der Waals surface area contributed by atoms with Crippen LogP contribution in [0.25, 0.3) is 0 Å². The largest absolute Gasteiger partial charge is 0.380 e. The molecule has 25 heavy (non-hydrogen) atoms. The average molecular weight is 346 g/mol. The molecule has 1 aromatic rings. The maximum absolute atomic E-state index is 13.1. The van der Waals surface area contributed by atoms with Gasteiger partial charge in [-0.05, 0) is 57.9 Å². The average Bonchev–Trinajstić information content (AvgIpc) is 3.36. The second kappa shape index (κ2) is 6.76. The number of nitrogens with zero attached hydrogens (tertiary/aromatic N) is 1.